The van der Waals surface area contributed by atoms with Crippen LogP contribution in [0.3, 0.4) is 0 Å². The fraction of sp³-hybridized carbons (Fsp3) is 0.548. The van der Waals surface area contributed by atoms with Crippen LogP contribution in [-0.4, -0.2) is 49.1 Å². The van der Waals surface area contributed by atoms with Crippen LogP contribution in [0.1, 0.15) is 64.4 Å². The van der Waals surface area contributed by atoms with Gasteiger partial charge in [0.25, 0.3) is 5.91 Å². The zero-order valence-electron chi connectivity index (χ0n) is 22.4. The van der Waals surface area contributed by atoms with Gasteiger partial charge in [0.15, 0.2) is 6.61 Å². The van der Waals surface area contributed by atoms with E-state index in [-0.39, 0.29) is 24.5 Å². The first-order valence-corrected chi connectivity index (χ1v) is 13.9. The number of hydrogen-bond donors (Lipinski definition) is 1. The summed E-state index contributed by atoms with van der Waals surface area (Å²) >= 11 is 0. The lowest BCUT2D eigenvalue weighted by Crippen LogP contribution is -2.53. The van der Waals surface area contributed by atoms with Gasteiger partial charge in [0, 0.05) is 13.1 Å². The maximum Gasteiger partial charge on any atom is 0.260 e. The van der Waals surface area contributed by atoms with E-state index in [4.69, 9.17) is 9.47 Å². The van der Waals surface area contributed by atoms with Crippen LogP contribution in [0.5, 0.6) is 11.5 Å². The van der Waals surface area contributed by atoms with Crippen molar-refractivity contribution in [3.8, 4) is 11.5 Å². The second-order valence-corrected chi connectivity index (χ2v) is 11.0. The number of likely N-dealkylation sites (tertiary alicyclic amines) is 1. The van der Waals surface area contributed by atoms with Crippen molar-refractivity contribution in [2.24, 2.45) is 11.3 Å². The summed E-state index contributed by atoms with van der Waals surface area (Å²) in [5.74, 6) is 2.18. The van der Waals surface area contributed by atoms with E-state index >= 15 is 0 Å². The molecule has 4 rings (SSSR count). The van der Waals surface area contributed by atoms with E-state index in [1.165, 1.54) is 5.56 Å². The number of carbonyl (C=O) groups excluding carboxylic acids is 2. The summed E-state index contributed by atoms with van der Waals surface area (Å²) in [6, 6.07) is 17.7. The summed E-state index contributed by atoms with van der Waals surface area (Å²) in [4.78, 5) is 28.5. The first kappa shape index (κ1) is 27.0. The number of aryl methyl sites for hydroxylation is 1. The number of amides is 2. The van der Waals surface area contributed by atoms with Gasteiger partial charge in [0.05, 0.1) is 11.5 Å². The molecule has 0 saturated carbocycles. The first-order valence-electron chi connectivity index (χ1n) is 13.9. The molecule has 37 heavy (non-hydrogen) atoms. The van der Waals surface area contributed by atoms with Gasteiger partial charge in [-0.25, -0.2) is 0 Å². The zero-order chi connectivity index (χ0) is 26.1. The lowest BCUT2D eigenvalue weighted by atomic mass is 9.73. The predicted molar refractivity (Wildman–Crippen MR) is 146 cm³/mol. The average molecular weight is 507 g/mol. The molecule has 2 heterocycles. The molecular weight excluding hydrogens is 464 g/mol. The van der Waals surface area contributed by atoms with Crippen molar-refractivity contribution in [1.82, 2.24) is 10.2 Å². The lowest BCUT2D eigenvalue weighted by molar-refractivity contribution is -0.142. The fourth-order valence-electron chi connectivity index (χ4n) is 5.60. The largest absolute Gasteiger partial charge is 0.491 e. The van der Waals surface area contributed by atoms with E-state index < -0.39 is 5.41 Å². The summed E-state index contributed by atoms with van der Waals surface area (Å²) < 4.78 is 11.9. The molecule has 2 aliphatic heterocycles. The van der Waals surface area contributed by atoms with Gasteiger partial charge < -0.3 is 19.7 Å². The molecule has 2 amide bonds. The van der Waals surface area contributed by atoms with E-state index in [2.05, 4.69) is 31.3 Å². The van der Waals surface area contributed by atoms with E-state index in [1.54, 1.807) is 0 Å². The van der Waals surface area contributed by atoms with Gasteiger partial charge in [-0.05, 0) is 68.2 Å². The Labute approximate surface area is 221 Å². The number of para-hydroxylation sites is 2. The molecule has 1 fully saturated rings. The third-order valence-electron chi connectivity index (χ3n) is 7.77. The number of carbonyl (C=O) groups is 2. The number of nitrogens with zero attached hydrogens (tertiary/aromatic N) is 1. The Morgan fingerprint density at radius 2 is 1.76 bits per heavy atom. The minimum absolute atomic E-state index is 0.0207. The van der Waals surface area contributed by atoms with Crippen molar-refractivity contribution in [3.63, 3.8) is 0 Å². The number of piperidine rings is 1. The quantitative estimate of drug-likeness (QED) is 0.590. The van der Waals surface area contributed by atoms with Crippen LogP contribution >= 0.6 is 0 Å². The second kappa shape index (κ2) is 13.0. The van der Waals surface area contributed by atoms with Crippen LogP contribution < -0.4 is 14.8 Å². The van der Waals surface area contributed by atoms with Crippen LogP contribution in [-0.2, 0) is 16.0 Å². The molecule has 200 valence electrons. The highest BCUT2D eigenvalue weighted by Crippen LogP contribution is 2.38. The predicted octanol–water partition coefficient (Wildman–Crippen LogP) is 5.40. The highest BCUT2D eigenvalue weighted by molar-refractivity contribution is 5.84. The Kier molecular flexibility index (Phi) is 9.48. The molecule has 1 saturated heterocycles. The van der Waals surface area contributed by atoms with Gasteiger partial charge in [-0.2, -0.15) is 0 Å². The number of ether oxygens (including phenoxy) is 2. The van der Waals surface area contributed by atoms with E-state index in [0.29, 0.717) is 44.2 Å². The Morgan fingerprint density at radius 1 is 1.03 bits per heavy atom. The second-order valence-electron chi connectivity index (χ2n) is 11.0. The smallest absolute Gasteiger partial charge is 0.260 e. The third-order valence-corrected chi connectivity index (χ3v) is 7.77. The van der Waals surface area contributed by atoms with Crippen molar-refractivity contribution in [2.75, 3.05) is 26.3 Å². The molecule has 0 radical (unpaired) electrons. The van der Waals surface area contributed by atoms with Crippen molar-refractivity contribution in [1.29, 1.82) is 0 Å². The molecule has 0 aliphatic carbocycles. The molecule has 1 atom stereocenters. The number of benzene rings is 2. The van der Waals surface area contributed by atoms with Gasteiger partial charge in [0.2, 0.25) is 5.91 Å². The fourth-order valence-corrected chi connectivity index (χ4v) is 5.60. The monoisotopic (exact) mass is 506 g/mol. The number of hydrogen-bond acceptors (Lipinski definition) is 4. The minimum Gasteiger partial charge on any atom is -0.491 e. The highest BCUT2D eigenvalue weighted by Gasteiger charge is 2.42. The van der Waals surface area contributed by atoms with Crippen molar-refractivity contribution in [3.05, 3.63) is 60.2 Å². The minimum atomic E-state index is -0.437. The van der Waals surface area contributed by atoms with Gasteiger partial charge in [0.1, 0.15) is 18.1 Å². The Balaban J connectivity index is 1.41. The summed E-state index contributed by atoms with van der Waals surface area (Å²) in [6.07, 6.45) is 7.25. The van der Waals surface area contributed by atoms with E-state index in [1.807, 2.05) is 47.4 Å². The number of fused-ring (bicyclic) bond motifs is 1. The van der Waals surface area contributed by atoms with Crippen LogP contribution in [0.25, 0.3) is 0 Å². The van der Waals surface area contributed by atoms with Gasteiger partial charge in [-0.15, -0.1) is 0 Å². The van der Waals surface area contributed by atoms with Crippen LogP contribution in [0.2, 0.25) is 0 Å². The van der Waals surface area contributed by atoms with Crippen molar-refractivity contribution in [2.45, 2.75) is 71.3 Å². The van der Waals surface area contributed by atoms with E-state index in [0.717, 1.165) is 44.3 Å². The standard InChI is InChI=1S/C31H42N2O4/c1-24(2)21-26-22-37-28-15-9-8-12-25(28)11-5-4-10-16-31(30(35)32-26)17-19-33(20-18-31)29(34)23-36-27-13-6-3-7-14-27/h3,6-9,12-15,24,26H,4-5,10-11,16-23H2,1-2H3,(H,32,35)/t26-/m0/s1. The molecule has 2 aromatic rings. The molecule has 0 unspecified atom stereocenters. The molecule has 6 nitrogen and oxygen atoms in total. The number of nitrogens with one attached hydrogen (secondary N) is 1. The maximum atomic E-state index is 13.8. The topological polar surface area (TPSA) is 67.9 Å². The molecule has 0 aromatic heterocycles. The highest BCUT2D eigenvalue weighted by atomic mass is 16.5. The van der Waals surface area contributed by atoms with Crippen LogP contribution in [0.15, 0.2) is 54.6 Å². The SMILES string of the molecule is CC(C)C[C@H]1COc2ccccc2CCCCCC2(CCN(C(=O)COc3ccccc3)CC2)C(=O)N1. The molecule has 2 aromatic carbocycles. The Hall–Kier alpha value is -3.02. The van der Waals surface area contributed by atoms with Crippen molar-refractivity contribution >= 4 is 11.8 Å². The van der Waals surface area contributed by atoms with Crippen LogP contribution in [0.4, 0.5) is 0 Å². The molecule has 1 spiro atoms. The Bertz CT molecular complexity index is 1010. The summed E-state index contributed by atoms with van der Waals surface area (Å²) in [5, 5.41) is 3.38. The zero-order valence-corrected chi connectivity index (χ0v) is 22.4. The summed E-state index contributed by atoms with van der Waals surface area (Å²) in [6.45, 7) is 6.02. The normalized spacial score (nSPS) is 20.6. The molecule has 1 N–H and O–H groups in total. The van der Waals surface area contributed by atoms with Gasteiger partial charge in [-0.1, -0.05) is 63.1 Å². The van der Waals surface area contributed by atoms with Gasteiger partial charge >= 0.3 is 0 Å². The van der Waals surface area contributed by atoms with Crippen molar-refractivity contribution < 1.29 is 19.1 Å². The first-order chi connectivity index (χ1) is 17.9. The summed E-state index contributed by atoms with van der Waals surface area (Å²) in [5.41, 5.74) is 0.809. The lowest BCUT2D eigenvalue weighted by Gasteiger charge is -2.41. The summed E-state index contributed by atoms with van der Waals surface area (Å²) in [7, 11) is 0. The number of rotatable bonds is 5. The van der Waals surface area contributed by atoms with E-state index in [9.17, 15) is 9.59 Å². The molecule has 0 bridgehead atoms. The average Bonchev–Trinajstić information content (AvgIpc) is 2.91. The molecule has 2 aliphatic rings. The molecular formula is C31H42N2O4. The maximum absolute atomic E-state index is 13.8. The third kappa shape index (κ3) is 7.50. The van der Waals surface area contributed by atoms with Crippen LogP contribution in [0, 0.1) is 11.3 Å². The van der Waals surface area contributed by atoms with Gasteiger partial charge in [-0.3, -0.25) is 9.59 Å². The molecule has 6 heteroatoms. The Morgan fingerprint density at radius 3 is 2.51 bits per heavy atom.